The maximum atomic E-state index is 12.0. The van der Waals surface area contributed by atoms with Gasteiger partial charge in [0.2, 0.25) is 0 Å². The predicted molar refractivity (Wildman–Crippen MR) is 145 cm³/mol. The maximum Gasteiger partial charge on any atom is 0.306 e. The van der Waals surface area contributed by atoms with Crippen molar-refractivity contribution in [3.63, 3.8) is 0 Å². The van der Waals surface area contributed by atoms with Crippen molar-refractivity contribution < 1.29 is 24.2 Å². The Morgan fingerprint density at radius 3 is 1.34 bits per heavy atom. The van der Waals surface area contributed by atoms with Crippen LogP contribution in [0.3, 0.4) is 0 Å². The summed E-state index contributed by atoms with van der Waals surface area (Å²) < 4.78 is 10.5. The van der Waals surface area contributed by atoms with Crippen molar-refractivity contribution in [1.29, 1.82) is 0 Å². The third-order valence-electron chi connectivity index (χ3n) is 6.51. The van der Waals surface area contributed by atoms with Crippen molar-refractivity contribution in [2.45, 2.75) is 156 Å². The zero-order valence-electron chi connectivity index (χ0n) is 23.7. The molecule has 5 heteroatoms. The largest absolute Gasteiger partial charge is 0.462 e. The predicted octanol–water partition coefficient (Wildman–Crippen LogP) is 8.16. The van der Waals surface area contributed by atoms with Crippen LogP contribution in [0.5, 0.6) is 0 Å². The fraction of sp³-hybridized carbons (Fsp3) is 0.933. The van der Waals surface area contributed by atoms with Crippen molar-refractivity contribution >= 4 is 11.9 Å². The van der Waals surface area contributed by atoms with Crippen LogP contribution in [0.15, 0.2) is 0 Å². The summed E-state index contributed by atoms with van der Waals surface area (Å²) in [6, 6.07) is 0. The van der Waals surface area contributed by atoms with Gasteiger partial charge in [-0.3, -0.25) is 9.59 Å². The molecule has 0 aliphatic heterocycles. The molecule has 0 rings (SSSR count). The lowest BCUT2D eigenvalue weighted by Crippen LogP contribution is -2.28. The maximum absolute atomic E-state index is 12.0. The number of carbonyl (C=O) groups is 2. The molecule has 0 bridgehead atoms. The molecule has 0 heterocycles. The number of esters is 2. The Bertz CT molecular complexity index is 489. The standard InChI is InChI=1S/C30H58O5/c1-26(2)20-16-12-8-6-5-7-9-15-19-23-30(33)35-28(24-31)25-34-29(32)22-18-14-11-10-13-17-21-27(3)4/h26-28,31H,5-25H2,1-4H3/t28-/m0/s1. The van der Waals surface area contributed by atoms with Crippen LogP contribution < -0.4 is 0 Å². The topological polar surface area (TPSA) is 72.8 Å². The first kappa shape index (κ1) is 33.9. The molecule has 0 aromatic heterocycles. The van der Waals surface area contributed by atoms with Crippen LogP contribution in [0.1, 0.15) is 150 Å². The molecule has 1 N–H and O–H groups in total. The molecule has 1 atom stereocenters. The summed E-state index contributed by atoms with van der Waals surface area (Å²) >= 11 is 0. The smallest absolute Gasteiger partial charge is 0.306 e. The highest BCUT2D eigenvalue weighted by molar-refractivity contribution is 5.70. The summed E-state index contributed by atoms with van der Waals surface area (Å²) in [5, 5.41) is 9.44. The molecule has 0 saturated carbocycles. The Morgan fingerprint density at radius 2 is 0.943 bits per heavy atom. The molecule has 0 aromatic rings. The van der Waals surface area contributed by atoms with Crippen LogP contribution >= 0.6 is 0 Å². The van der Waals surface area contributed by atoms with E-state index in [-0.39, 0.29) is 25.2 Å². The van der Waals surface area contributed by atoms with Gasteiger partial charge in [-0.05, 0) is 24.7 Å². The zero-order chi connectivity index (χ0) is 26.2. The van der Waals surface area contributed by atoms with Crippen LogP contribution in [-0.2, 0) is 19.1 Å². The molecule has 0 spiro atoms. The van der Waals surface area contributed by atoms with Gasteiger partial charge in [0, 0.05) is 12.8 Å². The number of hydrogen-bond donors (Lipinski definition) is 1. The summed E-state index contributed by atoms with van der Waals surface area (Å²) in [6.07, 6.45) is 20.3. The van der Waals surface area contributed by atoms with Gasteiger partial charge < -0.3 is 14.6 Å². The second-order valence-electron chi connectivity index (χ2n) is 11.1. The molecule has 0 fully saturated rings. The van der Waals surface area contributed by atoms with E-state index < -0.39 is 6.10 Å². The van der Waals surface area contributed by atoms with Crippen molar-refractivity contribution in [2.75, 3.05) is 13.2 Å². The Labute approximate surface area is 217 Å². The van der Waals surface area contributed by atoms with E-state index >= 15 is 0 Å². The molecular formula is C30H58O5. The van der Waals surface area contributed by atoms with Crippen molar-refractivity contribution in [3.05, 3.63) is 0 Å². The minimum Gasteiger partial charge on any atom is -0.462 e. The molecule has 0 aliphatic rings. The number of aliphatic hydroxyl groups is 1. The summed E-state index contributed by atoms with van der Waals surface area (Å²) in [4.78, 5) is 23.9. The number of unbranched alkanes of at least 4 members (excludes halogenated alkanes) is 13. The first-order valence-corrected chi connectivity index (χ1v) is 14.8. The highest BCUT2D eigenvalue weighted by Gasteiger charge is 2.16. The average Bonchev–Trinajstić information content (AvgIpc) is 2.81. The van der Waals surface area contributed by atoms with Gasteiger partial charge in [0.25, 0.3) is 0 Å². The third-order valence-corrected chi connectivity index (χ3v) is 6.51. The van der Waals surface area contributed by atoms with Crippen LogP contribution in [0.4, 0.5) is 0 Å². The fourth-order valence-corrected chi connectivity index (χ4v) is 4.22. The van der Waals surface area contributed by atoms with Crippen molar-refractivity contribution in [2.24, 2.45) is 11.8 Å². The van der Waals surface area contributed by atoms with E-state index in [9.17, 15) is 14.7 Å². The lowest BCUT2D eigenvalue weighted by molar-refractivity contribution is -0.161. The molecule has 0 saturated heterocycles. The first-order chi connectivity index (χ1) is 16.8. The SMILES string of the molecule is CC(C)CCCCCCCCCCCC(=O)O[C@@H](CO)COC(=O)CCCCCCCCC(C)C. The highest BCUT2D eigenvalue weighted by Crippen LogP contribution is 2.14. The van der Waals surface area contributed by atoms with Crippen molar-refractivity contribution in [3.8, 4) is 0 Å². The first-order valence-electron chi connectivity index (χ1n) is 14.8. The van der Waals surface area contributed by atoms with Gasteiger partial charge in [0.05, 0.1) is 6.61 Å². The molecule has 0 radical (unpaired) electrons. The lowest BCUT2D eigenvalue weighted by atomic mass is 10.0. The normalized spacial score (nSPS) is 12.3. The van der Waals surface area contributed by atoms with Gasteiger partial charge in [-0.25, -0.2) is 0 Å². The summed E-state index contributed by atoms with van der Waals surface area (Å²) in [5.41, 5.74) is 0. The Balaban J connectivity index is 3.60. The molecule has 35 heavy (non-hydrogen) atoms. The monoisotopic (exact) mass is 498 g/mol. The molecule has 208 valence electrons. The van der Waals surface area contributed by atoms with E-state index in [4.69, 9.17) is 9.47 Å². The number of aliphatic hydroxyl groups excluding tert-OH is 1. The number of ether oxygens (including phenoxy) is 2. The number of rotatable bonds is 25. The van der Waals surface area contributed by atoms with Crippen LogP contribution in [0.2, 0.25) is 0 Å². The van der Waals surface area contributed by atoms with E-state index in [0.29, 0.717) is 12.8 Å². The van der Waals surface area contributed by atoms with Gasteiger partial charge in [0.1, 0.15) is 6.61 Å². The molecular weight excluding hydrogens is 440 g/mol. The quantitative estimate of drug-likeness (QED) is 0.101. The minimum atomic E-state index is -0.761. The molecule has 0 amide bonds. The number of hydrogen-bond acceptors (Lipinski definition) is 5. The van der Waals surface area contributed by atoms with Gasteiger partial charge in [-0.15, -0.1) is 0 Å². The second-order valence-corrected chi connectivity index (χ2v) is 11.1. The summed E-state index contributed by atoms with van der Waals surface area (Å²) in [7, 11) is 0. The summed E-state index contributed by atoms with van der Waals surface area (Å²) in [5.74, 6) is 1.00. The van der Waals surface area contributed by atoms with E-state index in [1.54, 1.807) is 0 Å². The third kappa shape index (κ3) is 25.8. The highest BCUT2D eigenvalue weighted by atomic mass is 16.6. The Morgan fingerprint density at radius 1 is 0.571 bits per heavy atom. The van der Waals surface area contributed by atoms with Gasteiger partial charge in [0.15, 0.2) is 6.10 Å². The second kappa shape index (κ2) is 24.6. The lowest BCUT2D eigenvalue weighted by Gasteiger charge is -2.15. The molecule has 0 aromatic carbocycles. The molecule has 0 aliphatic carbocycles. The Hall–Kier alpha value is -1.10. The average molecular weight is 499 g/mol. The fourth-order valence-electron chi connectivity index (χ4n) is 4.22. The van der Waals surface area contributed by atoms with E-state index in [1.165, 1.54) is 70.6 Å². The van der Waals surface area contributed by atoms with Crippen LogP contribution in [-0.4, -0.2) is 36.4 Å². The van der Waals surface area contributed by atoms with Crippen molar-refractivity contribution in [1.82, 2.24) is 0 Å². The van der Waals surface area contributed by atoms with Gasteiger partial charge in [-0.2, -0.15) is 0 Å². The number of carbonyl (C=O) groups excluding carboxylic acids is 2. The van der Waals surface area contributed by atoms with Gasteiger partial charge in [-0.1, -0.05) is 124 Å². The summed E-state index contributed by atoms with van der Waals surface area (Å²) in [6.45, 7) is 8.70. The van der Waals surface area contributed by atoms with E-state index in [2.05, 4.69) is 27.7 Å². The van der Waals surface area contributed by atoms with E-state index in [0.717, 1.165) is 50.4 Å². The molecule has 0 unspecified atom stereocenters. The van der Waals surface area contributed by atoms with Crippen LogP contribution in [0, 0.1) is 11.8 Å². The molecule has 5 nitrogen and oxygen atoms in total. The van der Waals surface area contributed by atoms with Crippen LogP contribution in [0.25, 0.3) is 0 Å². The van der Waals surface area contributed by atoms with Gasteiger partial charge >= 0.3 is 11.9 Å². The zero-order valence-corrected chi connectivity index (χ0v) is 23.7. The van der Waals surface area contributed by atoms with E-state index in [1.807, 2.05) is 0 Å². The minimum absolute atomic E-state index is 0.0621. The Kier molecular flexibility index (Phi) is 23.8.